The van der Waals surface area contributed by atoms with Crippen LogP contribution in [0.4, 0.5) is 0 Å². The summed E-state index contributed by atoms with van der Waals surface area (Å²) in [5, 5.41) is 0. The number of imidazole rings is 2. The molecular formula is C20H19ClN4OS. The molecule has 27 heavy (non-hydrogen) atoms. The number of nitrogens with zero attached hydrogens (tertiary/aromatic N) is 4. The molecule has 5 nitrogen and oxygen atoms in total. The van der Waals surface area contributed by atoms with E-state index in [1.165, 1.54) is 4.88 Å². The molecule has 1 atom stereocenters. The van der Waals surface area contributed by atoms with Gasteiger partial charge in [0.1, 0.15) is 11.9 Å². The summed E-state index contributed by atoms with van der Waals surface area (Å²) in [4.78, 5) is 9.48. The summed E-state index contributed by atoms with van der Waals surface area (Å²) in [5.74, 6) is 0.855. The highest BCUT2D eigenvalue weighted by atomic mass is 35.5. The predicted molar refractivity (Wildman–Crippen MR) is 108 cm³/mol. The van der Waals surface area contributed by atoms with E-state index < -0.39 is 0 Å². The van der Waals surface area contributed by atoms with Crippen molar-refractivity contribution in [2.45, 2.75) is 25.5 Å². The largest absolute Gasteiger partial charge is 0.489 e. The molecule has 3 aromatic heterocycles. The highest BCUT2D eigenvalue weighted by Crippen LogP contribution is 2.24. The van der Waals surface area contributed by atoms with E-state index in [-0.39, 0.29) is 6.10 Å². The molecular weight excluding hydrogens is 380 g/mol. The second-order valence-electron chi connectivity index (χ2n) is 6.21. The van der Waals surface area contributed by atoms with Crippen LogP contribution in [0.2, 0.25) is 4.34 Å². The Morgan fingerprint density at radius 1 is 1.00 bits per heavy atom. The lowest BCUT2D eigenvalue weighted by Crippen LogP contribution is -2.23. The molecule has 1 aromatic carbocycles. The Hall–Kier alpha value is -2.57. The van der Waals surface area contributed by atoms with Gasteiger partial charge in [-0.15, -0.1) is 11.3 Å². The van der Waals surface area contributed by atoms with E-state index in [0.717, 1.165) is 35.2 Å². The molecule has 0 spiro atoms. The van der Waals surface area contributed by atoms with Crippen molar-refractivity contribution < 1.29 is 4.74 Å². The molecule has 1 unspecified atom stereocenters. The first-order valence-corrected chi connectivity index (χ1v) is 9.91. The first-order chi connectivity index (χ1) is 13.3. The number of rotatable bonds is 8. The van der Waals surface area contributed by atoms with Gasteiger partial charge in [-0.25, -0.2) is 9.97 Å². The summed E-state index contributed by atoms with van der Waals surface area (Å²) >= 11 is 7.67. The van der Waals surface area contributed by atoms with E-state index >= 15 is 0 Å². The first-order valence-electron chi connectivity index (χ1n) is 8.71. The normalized spacial score (nSPS) is 12.2. The lowest BCUT2D eigenvalue weighted by Gasteiger charge is -2.20. The lowest BCUT2D eigenvalue weighted by molar-refractivity contribution is 0.170. The average molecular weight is 399 g/mol. The molecule has 4 aromatic rings. The summed E-state index contributed by atoms with van der Waals surface area (Å²) < 4.78 is 11.1. The van der Waals surface area contributed by atoms with E-state index in [4.69, 9.17) is 16.3 Å². The zero-order valence-corrected chi connectivity index (χ0v) is 16.2. The Labute approximate surface area is 166 Å². The van der Waals surface area contributed by atoms with Crippen molar-refractivity contribution >= 4 is 22.9 Å². The van der Waals surface area contributed by atoms with Crippen molar-refractivity contribution in [3.63, 3.8) is 0 Å². The van der Waals surface area contributed by atoms with Gasteiger partial charge < -0.3 is 13.9 Å². The van der Waals surface area contributed by atoms with Crippen molar-refractivity contribution in [3.05, 3.63) is 83.1 Å². The van der Waals surface area contributed by atoms with Gasteiger partial charge >= 0.3 is 0 Å². The zero-order valence-electron chi connectivity index (χ0n) is 14.6. The van der Waals surface area contributed by atoms with Gasteiger partial charge in [-0.05, 0) is 49.2 Å². The molecule has 138 valence electrons. The van der Waals surface area contributed by atoms with Gasteiger partial charge in [0.25, 0.3) is 0 Å². The number of hydrogen-bond donors (Lipinski definition) is 0. The summed E-state index contributed by atoms with van der Waals surface area (Å²) in [6, 6.07) is 12.1. The third-order valence-corrected chi connectivity index (χ3v) is 5.55. The molecule has 0 aliphatic heterocycles. The van der Waals surface area contributed by atoms with Gasteiger partial charge in [-0.2, -0.15) is 0 Å². The summed E-state index contributed by atoms with van der Waals surface area (Å²) in [5.41, 5.74) is 1.05. The Morgan fingerprint density at radius 2 is 1.81 bits per heavy atom. The topological polar surface area (TPSA) is 44.9 Å². The lowest BCUT2D eigenvalue weighted by atomic mass is 10.1. The first kappa shape index (κ1) is 17.8. The molecule has 0 saturated heterocycles. The second-order valence-corrected chi connectivity index (χ2v) is 8.01. The standard InChI is InChI=1S/C20H19ClN4OS/c21-20-8-7-19(27-20)6-5-18(13-24-11-9-22-14-24)26-17-3-1-16(2-4-17)25-12-10-23-15-25/h1-4,7-12,14-15,18H,5-6,13H2. The van der Waals surface area contributed by atoms with E-state index in [2.05, 4.69) is 16.0 Å². The van der Waals surface area contributed by atoms with Crippen LogP contribution in [0.1, 0.15) is 11.3 Å². The zero-order chi connectivity index (χ0) is 18.5. The fourth-order valence-electron chi connectivity index (χ4n) is 2.91. The molecule has 0 N–H and O–H groups in total. The van der Waals surface area contributed by atoms with Crippen molar-refractivity contribution in [3.8, 4) is 11.4 Å². The SMILES string of the molecule is Clc1ccc(CCC(Cn2ccnc2)Oc2ccc(-n3ccnc3)cc2)s1. The smallest absolute Gasteiger partial charge is 0.119 e. The predicted octanol–water partition coefficient (Wildman–Crippen LogP) is 4.86. The maximum absolute atomic E-state index is 6.29. The van der Waals surface area contributed by atoms with Gasteiger partial charge in [-0.1, -0.05) is 11.6 Å². The van der Waals surface area contributed by atoms with Crippen LogP contribution in [0.25, 0.3) is 5.69 Å². The molecule has 3 heterocycles. The van der Waals surface area contributed by atoms with Gasteiger partial charge in [0.2, 0.25) is 0 Å². The Balaban J connectivity index is 1.44. The quantitative estimate of drug-likeness (QED) is 0.425. The number of aryl methyl sites for hydroxylation is 1. The molecule has 4 rings (SSSR count). The Kier molecular flexibility index (Phi) is 5.55. The van der Waals surface area contributed by atoms with E-state index in [0.29, 0.717) is 0 Å². The maximum Gasteiger partial charge on any atom is 0.119 e. The molecule has 0 bridgehead atoms. The molecule has 0 aliphatic carbocycles. The van der Waals surface area contributed by atoms with Crippen LogP contribution in [0.3, 0.4) is 0 Å². The summed E-state index contributed by atoms with van der Waals surface area (Å²) in [7, 11) is 0. The minimum absolute atomic E-state index is 0.0409. The molecule has 0 fully saturated rings. The third-order valence-electron chi connectivity index (χ3n) is 4.26. The van der Waals surface area contributed by atoms with E-state index in [9.17, 15) is 0 Å². The maximum atomic E-state index is 6.29. The molecule has 0 radical (unpaired) electrons. The van der Waals surface area contributed by atoms with Crippen molar-refractivity contribution in [1.82, 2.24) is 19.1 Å². The monoisotopic (exact) mass is 398 g/mol. The van der Waals surface area contributed by atoms with Crippen LogP contribution in [-0.4, -0.2) is 25.2 Å². The number of halogens is 1. The molecule has 0 amide bonds. The fraction of sp³-hybridized carbons (Fsp3) is 0.200. The molecule has 0 saturated carbocycles. The number of ether oxygens (including phenoxy) is 1. The third kappa shape index (κ3) is 4.78. The van der Waals surface area contributed by atoms with Crippen LogP contribution in [0, 0.1) is 0 Å². The van der Waals surface area contributed by atoms with Gasteiger partial charge in [0, 0.05) is 35.4 Å². The Bertz CT molecular complexity index is 948. The van der Waals surface area contributed by atoms with Crippen LogP contribution in [-0.2, 0) is 13.0 Å². The average Bonchev–Trinajstić information content (AvgIpc) is 3.44. The highest BCUT2D eigenvalue weighted by Gasteiger charge is 2.13. The van der Waals surface area contributed by atoms with Crippen LogP contribution in [0.5, 0.6) is 5.75 Å². The van der Waals surface area contributed by atoms with Crippen LogP contribution >= 0.6 is 22.9 Å². The minimum atomic E-state index is 0.0409. The highest BCUT2D eigenvalue weighted by molar-refractivity contribution is 7.16. The van der Waals surface area contributed by atoms with Crippen molar-refractivity contribution in [2.24, 2.45) is 0 Å². The van der Waals surface area contributed by atoms with E-state index in [1.807, 2.05) is 58.2 Å². The number of aromatic nitrogens is 4. The van der Waals surface area contributed by atoms with Gasteiger partial charge in [0.15, 0.2) is 0 Å². The number of benzene rings is 1. The van der Waals surface area contributed by atoms with Crippen molar-refractivity contribution in [2.75, 3.05) is 0 Å². The van der Waals surface area contributed by atoms with E-state index in [1.54, 1.807) is 30.1 Å². The Morgan fingerprint density at radius 3 is 2.48 bits per heavy atom. The van der Waals surface area contributed by atoms with Crippen LogP contribution in [0.15, 0.2) is 73.8 Å². The van der Waals surface area contributed by atoms with Gasteiger partial charge in [-0.3, -0.25) is 0 Å². The molecule has 7 heteroatoms. The minimum Gasteiger partial charge on any atom is -0.489 e. The number of thiophene rings is 1. The summed E-state index contributed by atoms with van der Waals surface area (Å²) in [6.45, 7) is 0.752. The number of hydrogen-bond acceptors (Lipinski definition) is 4. The summed E-state index contributed by atoms with van der Waals surface area (Å²) in [6.07, 6.45) is 12.9. The van der Waals surface area contributed by atoms with Crippen LogP contribution < -0.4 is 4.74 Å². The fourth-order valence-corrected chi connectivity index (χ4v) is 4.01. The van der Waals surface area contributed by atoms with Crippen molar-refractivity contribution in [1.29, 1.82) is 0 Å². The second kappa shape index (κ2) is 8.41. The van der Waals surface area contributed by atoms with Gasteiger partial charge in [0.05, 0.1) is 23.5 Å². The molecule has 0 aliphatic rings.